The molecule has 33 heavy (non-hydrogen) atoms. The molecule has 3 atom stereocenters. The van der Waals surface area contributed by atoms with Crippen molar-refractivity contribution in [3.8, 4) is 0 Å². The third kappa shape index (κ3) is 5.47. The first-order valence-electron chi connectivity index (χ1n) is 12.4. The molecule has 2 fully saturated rings. The molecule has 1 N–H and O–H groups in total. The van der Waals surface area contributed by atoms with Crippen LogP contribution in [-0.4, -0.2) is 45.0 Å². The molecule has 0 bridgehead atoms. The van der Waals surface area contributed by atoms with Gasteiger partial charge in [-0.15, -0.1) is 0 Å². The molecule has 1 aromatic rings. The maximum absolute atomic E-state index is 12.6. The topological polar surface area (TPSA) is 82.6 Å². The quantitative estimate of drug-likeness (QED) is 0.555. The molecule has 0 aromatic carbocycles. The highest BCUT2D eigenvalue weighted by molar-refractivity contribution is 6.77. The molecule has 2 aliphatic heterocycles. The molecule has 9 heteroatoms. The van der Waals surface area contributed by atoms with Gasteiger partial charge >= 0.3 is 5.69 Å². The number of rotatable bonds is 6. The van der Waals surface area contributed by atoms with E-state index in [4.69, 9.17) is 13.6 Å². The summed E-state index contributed by atoms with van der Waals surface area (Å²) < 4.78 is 21.6. The second-order valence-corrected chi connectivity index (χ2v) is 22.1. The summed E-state index contributed by atoms with van der Waals surface area (Å²) in [6, 6.07) is 2.39. The zero-order valence-corrected chi connectivity index (χ0v) is 24.0. The van der Waals surface area contributed by atoms with Crippen molar-refractivity contribution in [2.75, 3.05) is 6.61 Å². The number of aromatic nitrogens is 2. The number of nitrogens with one attached hydrogen (secondary N) is 1. The van der Waals surface area contributed by atoms with Gasteiger partial charge in [0, 0.05) is 18.2 Å². The van der Waals surface area contributed by atoms with E-state index in [-0.39, 0.29) is 27.8 Å². The van der Waals surface area contributed by atoms with Crippen LogP contribution in [0.1, 0.15) is 72.6 Å². The molecule has 1 unspecified atom stereocenters. The number of hydrogen-bond acceptors (Lipinski definition) is 5. The molecule has 2 aliphatic rings. The van der Waals surface area contributed by atoms with Crippen LogP contribution >= 0.6 is 0 Å². The maximum Gasteiger partial charge on any atom is 0.330 e. The van der Waals surface area contributed by atoms with Gasteiger partial charge in [-0.2, -0.15) is 0 Å². The van der Waals surface area contributed by atoms with Gasteiger partial charge in [0.05, 0.1) is 12.7 Å². The van der Waals surface area contributed by atoms with Crippen molar-refractivity contribution < 1.29 is 13.6 Å². The lowest BCUT2D eigenvalue weighted by Crippen LogP contribution is -2.49. The van der Waals surface area contributed by atoms with E-state index in [0.717, 1.165) is 0 Å². The number of nitrogens with zero attached hydrogens (tertiary/aromatic N) is 1. The average molecular weight is 497 g/mol. The Bertz CT molecular complexity index is 951. The fourth-order valence-corrected chi connectivity index (χ4v) is 10.8. The van der Waals surface area contributed by atoms with E-state index in [1.54, 1.807) is 13.1 Å². The Morgan fingerprint density at radius 2 is 1.76 bits per heavy atom. The molecular weight excluding hydrogens is 452 g/mol. The summed E-state index contributed by atoms with van der Waals surface area (Å²) in [6.45, 7) is 20.3. The van der Waals surface area contributed by atoms with Crippen LogP contribution in [0.2, 0.25) is 35.3 Å². The SMILES string of the molecule is Cc1cn([C@@H]2CC(O[Si](C)(C)C(C)(C)C)[C@H](CO[Si]3(C(C)(C)C)CCCC3)O2)c(=O)[nH]c1=O. The predicted octanol–water partition coefficient (Wildman–Crippen LogP) is 5.08. The molecule has 2 saturated heterocycles. The van der Waals surface area contributed by atoms with Crippen molar-refractivity contribution in [3.05, 3.63) is 32.6 Å². The van der Waals surface area contributed by atoms with Gasteiger partial charge in [0.15, 0.2) is 16.6 Å². The maximum atomic E-state index is 12.6. The minimum atomic E-state index is -2.06. The van der Waals surface area contributed by atoms with Crippen LogP contribution in [-0.2, 0) is 13.6 Å². The van der Waals surface area contributed by atoms with Crippen molar-refractivity contribution in [3.63, 3.8) is 0 Å². The number of aromatic amines is 1. The van der Waals surface area contributed by atoms with Crippen molar-refractivity contribution in [2.24, 2.45) is 0 Å². The van der Waals surface area contributed by atoms with Crippen LogP contribution in [0.4, 0.5) is 0 Å². The Morgan fingerprint density at radius 1 is 1.15 bits per heavy atom. The summed E-state index contributed by atoms with van der Waals surface area (Å²) in [4.78, 5) is 26.8. The van der Waals surface area contributed by atoms with Crippen molar-refractivity contribution in [2.45, 2.75) is 121 Å². The lowest BCUT2D eigenvalue weighted by atomic mass is 10.2. The molecule has 0 radical (unpaired) electrons. The molecular formula is C24H44N2O5Si2. The third-order valence-electron chi connectivity index (χ3n) is 8.19. The first kappa shape index (κ1) is 26.6. The number of ether oxygens (including phenoxy) is 1. The van der Waals surface area contributed by atoms with E-state index in [9.17, 15) is 9.59 Å². The Balaban J connectivity index is 1.87. The standard InChI is InChI=1S/C24H44N2O5Si2/c1-17-15-26(22(28)25-21(17)27)20-14-18(31-32(8,9)23(2,3)4)19(30-20)16-29-33(24(5,6)7)12-10-11-13-33/h15,18-20H,10-14,16H2,1-9H3,(H,25,27,28)/t18?,19-,20-/m0/s1. The van der Waals surface area contributed by atoms with Gasteiger partial charge in [0.2, 0.25) is 0 Å². The Morgan fingerprint density at radius 3 is 2.30 bits per heavy atom. The molecule has 1 aromatic heterocycles. The molecule has 0 spiro atoms. The molecule has 3 heterocycles. The van der Waals surface area contributed by atoms with E-state index < -0.39 is 28.6 Å². The first-order chi connectivity index (χ1) is 15.1. The molecule has 7 nitrogen and oxygen atoms in total. The highest BCUT2D eigenvalue weighted by Crippen LogP contribution is 2.49. The minimum Gasteiger partial charge on any atom is -0.414 e. The van der Waals surface area contributed by atoms with Crippen LogP contribution in [0.25, 0.3) is 0 Å². The number of hydrogen-bond donors (Lipinski definition) is 1. The zero-order valence-electron chi connectivity index (χ0n) is 22.0. The third-order valence-corrected chi connectivity index (χ3v) is 18.5. The molecule has 188 valence electrons. The summed E-state index contributed by atoms with van der Waals surface area (Å²) in [7, 11) is -3.96. The van der Waals surface area contributed by atoms with Gasteiger partial charge in [0.1, 0.15) is 12.3 Å². The summed E-state index contributed by atoms with van der Waals surface area (Å²) in [5.74, 6) is 0. The van der Waals surface area contributed by atoms with Gasteiger partial charge in [-0.3, -0.25) is 14.3 Å². The lowest BCUT2D eigenvalue weighted by molar-refractivity contribution is -0.0416. The monoisotopic (exact) mass is 496 g/mol. The summed E-state index contributed by atoms with van der Waals surface area (Å²) in [5.41, 5.74) is -0.313. The van der Waals surface area contributed by atoms with Crippen LogP contribution in [0.3, 0.4) is 0 Å². The number of H-pyrrole nitrogens is 1. The van der Waals surface area contributed by atoms with Gasteiger partial charge < -0.3 is 13.6 Å². The fraction of sp³-hybridized carbons (Fsp3) is 0.833. The largest absolute Gasteiger partial charge is 0.414 e. The predicted molar refractivity (Wildman–Crippen MR) is 137 cm³/mol. The Hall–Kier alpha value is -1.01. The van der Waals surface area contributed by atoms with Crippen LogP contribution in [0, 0.1) is 6.92 Å². The van der Waals surface area contributed by atoms with E-state index in [0.29, 0.717) is 18.6 Å². The average Bonchev–Trinajstić information content (AvgIpc) is 3.29. The Kier molecular flexibility index (Phi) is 7.43. The Labute approximate surface area is 200 Å². The van der Waals surface area contributed by atoms with E-state index in [2.05, 4.69) is 59.6 Å². The van der Waals surface area contributed by atoms with Gasteiger partial charge in [0.25, 0.3) is 5.56 Å². The van der Waals surface area contributed by atoms with Crippen molar-refractivity contribution in [1.82, 2.24) is 9.55 Å². The van der Waals surface area contributed by atoms with Crippen molar-refractivity contribution >= 4 is 16.6 Å². The molecule has 0 aliphatic carbocycles. The van der Waals surface area contributed by atoms with E-state index in [1.807, 2.05) is 0 Å². The van der Waals surface area contributed by atoms with Gasteiger partial charge in [-0.25, -0.2) is 4.79 Å². The summed E-state index contributed by atoms with van der Waals surface area (Å²) >= 11 is 0. The molecule has 3 rings (SSSR count). The van der Waals surface area contributed by atoms with Crippen molar-refractivity contribution in [1.29, 1.82) is 0 Å². The normalized spacial score (nSPS) is 26.2. The summed E-state index contributed by atoms with van der Waals surface area (Å²) in [6.07, 6.45) is 3.78. The smallest absolute Gasteiger partial charge is 0.330 e. The zero-order chi connectivity index (χ0) is 24.8. The second kappa shape index (κ2) is 9.22. The molecule has 0 saturated carbocycles. The number of aryl methyl sites for hydroxylation is 1. The van der Waals surface area contributed by atoms with E-state index >= 15 is 0 Å². The van der Waals surface area contributed by atoms with Gasteiger partial charge in [-0.1, -0.05) is 54.4 Å². The first-order valence-corrected chi connectivity index (χ1v) is 17.6. The second-order valence-electron chi connectivity index (χ2n) is 12.5. The highest BCUT2D eigenvalue weighted by Gasteiger charge is 2.51. The minimum absolute atomic E-state index is 0.0642. The van der Waals surface area contributed by atoms with Crippen LogP contribution < -0.4 is 11.2 Å². The lowest BCUT2D eigenvalue weighted by Gasteiger charge is -2.42. The van der Waals surface area contributed by atoms with Gasteiger partial charge in [-0.05, 0) is 42.2 Å². The van der Waals surface area contributed by atoms with Crippen LogP contribution in [0.15, 0.2) is 15.8 Å². The highest BCUT2D eigenvalue weighted by atomic mass is 28.4. The van der Waals surface area contributed by atoms with Crippen LogP contribution in [0.5, 0.6) is 0 Å². The fourth-order valence-electron chi connectivity index (χ4n) is 4.80. The van der Waals surface area contributed by atoms with E-state index in [1.165, 1.54) is 29.5 Å². The summed E-state index contributed by atoms with van der Waals surface area (Å²) in [5, 5.41) is 0.235. The molecule has 0 amide bonds.